The number of halogens is 1. The molecule has 0 N–H and O–H groups in total. The first-order chi connectivity index (χ1) is 10.1. The lowest BCUT2D eigenvalue weighted by atomic mass is 10.0. The summed E-state index contributed by atoms with van der Waals surface area (Å²) in [5, 5.41) is 0. The molecule has 0 aliphatic carbocycles. The van der Waals surface area contributed by atoms with Crippen LogP contribution in [0.5, 0.6) is 0 Å². The Kier molecular flexibility index (Phi) is 5.97. The average Bonchev–Trinajstić information content (AvgIpc) is 2.66. The van der Waals surface area contributed by atoms with Crippen molar-refractivity contribution in [3.8, 4) is 0 Å². The van der Waals surface area contributed by atoms with Gasteiger partial charge in [-0.05, 0) is 37.5 Å². The minimum absolute atomic E-state index is 0.0907. The Morgan fingerprint density at radius 2 is 1.90 bits per heavy atom. The Hall–Kier alpha value is -1.16. The van der Waals surface area contributed by atoms with E-state index in [0.29, 0.717) is 12.8 Å². The summed E-state index contributed by atoms with van der Waals surface area (Å²) in [5.41, 5.74) is 1.02. The summed E-state index contributed by atoms with van der Waals surface area (Å²) in [6.07, 6.45) is 5.16. The summed E-state index contributed by atoms with van der Waals surface area (Å²) in [6.45, 7) is 2.40. The van der Waals surface area contributed by atoms with Gasteiger partial charge in [-0.1, -0.05) is 40.9 Å². The Bertz CT molecular complexity index is 498. The summed E-state index contributed by atoms with van der Waals surface area (Å²) in [7, 11) is 0. The molecule has 114 valence electrons. The van der Waals surface area contributed by atoms with Crippen LogP contribution in [0.1, 0.15) is 44.6 Å². The van der Waals surface area contributed by atoms with Gasteiger partial charge in [0.1, 0.15) is 5.78 Å². The van der Waals surface area contributed by atoms with Gasteiger partial charge in [0, 0.05) is 23.5 Å². The minimum Gasteiger partial charge on any atom is -0.339 e. The van der Waals surface area contributed by atoms with Crippen molar-refractivity contribution < 1.29 is 9.59 Å². The number of likely N-dealkylation sites (tertiary alicyclic amines) is 1. The van der Waals surface area contributed by atoms with Crippen molar-refractivity contribution in [3.05, 3.63) is 34.3 Å². The summed E-state index contributed by atoms with van der Waals surface area (Å²) in [6, 6.07) is 7.95. The third-order valence-electron chi connectivity index (χ3n) is 3.99. The summed E-state index contributed by atoms with van der Waals surface area (Å²) >= 11 is 3.40. The molecule has 3 nitrogen and oxygen atoms in total. The van der Waals surface area contributed by atoms with Gasteiger partial charge >= 0.3 is 0 Å². The quantitative estimate of drug-likeness (QED) is 0.828. The molecule has 1 aromatic rings. The molecule has 1 fully saturated rings. The average molecular weight is 352 g/mol. The fourth-order valence-electron chi connectivity index (χ4n) is 2.93. The van der Waals surface area contributed by atoms with E-state index in [2.05, 4.69) is 15.9 Å². The highest BCUT2D eigenvalue weighted by Gasteiger charge is 2.26. The number of amides is 1. The molecule has 0 aromatic heterocycles. The van der Waals surface area contributed by atoms with Crippen molar-refractivity contribution in [2.75, 3.05) is 6.54 Å². The molecule has 1 saturated heterocycles. The van der Waals surface area contributed by atoms with Gasteiger partial charge in [-0.3, -0.25) is 9.59 Å². The van der Waals surface area contributed by atoms with Gasteiger partial charge < -0.3 is 4.90 Å². The minimum atomic E-state index is 0.0907. The lowest BCUT2D eigenvalue weighted by Gasteiger charge is -2.29. The van der Waals surface area contributed by atoms with Crippen LogP contribution < -0.4 is 0 Å². The lowest BCUT2D eigenvalue weighted by molar-refractivity contribution is -0.133. The summed E-state index contributed by atoms with van der Waals surface area (Å²) in [4.78, 5) is 26.0. The van der Waals surface area contributed by atoms with Crippen LogP contribution in [0.15, 0.2) is 28.7 Å². The highest BCUT2D eigenvalue weighted by Crippen LogP contribution is 2.21. The molecule has 0 saturated carbocycles. The molecule has 0 radical (unpaired) electrons. The summed E-state index contributed by atoms with van der Waals surface area (Å²) < 4.78 is 1.02. The van der Waals surface area contributed by atoms with E-state index < -0.39 is 0 Å². The van der Waals surface area contributed by atoms with Gasteiger partial charge in [0.2, 0.25) is 5.91 Å². The SMILES string of the molecule is CC(=O)CC1CCCCCN1C(=O)Cc1ccc(Br)cc1. The third-order valence-corrected chi connectivity index (χ3v) is 4.52. The van der Waals surface area contributed by atoms with E-state index in [1.165, 1.54) is 0 Å². The van der Waals surface area contributed by atoms with Crippen LogP contribution in [0.2, 0.25) is 0 Å². The number of carbonyl (C=O) groups excluding carboxylic acids is 2. The Labute approximate surface area is 134 Å². The van der Waals surface area contributed by atoms with Crippen LogP contribution in [0.3, 0.4) is 0 Å². The van der Waals surface area contributed by atoms with Crippen LogP contribution >= 0.6 is 15.9 Å². The van der Waals surface area contributed by atoms with Crippen molar-refractivity contribution >= 4 is 27.6 Å². The highest BCUT2D eigenvalue weighted by atomic mass is 79.9. The number of hydrogen-bond donors (Lipinski definition) is 0. The molecule has 2 rings (SSSR count). The second-order valence-corrected chi connectivity index (χ2v) is 6.72. The zero-order valence-corrected chi connectivity index (χ0v) is 14.1. The number of nitrogens with zero attached hydrogens (tertiary/aromatic N) is 1. The molecule has 1 amide bonds. The molecule has 1 aliphatic rings. The van der Waals surface area contributed by atoms with Crippen molar-refractivity contribution in [3.63, 3.8) is 0 Å². The van der Waals surface area contributed by atoms with Gasteiger partial charge in [0.25, 0.3) is 0 Å². The smallest absolute Gasteiger partial charge is 0.227 e. The monoisotopic (exact) mass is 351 g/mol. The van der Waals surface area contributed by atoms with E-state index in [0.717, 1.165) is 42.3 Å². The largest absolute Gasteiger partial charge is 0.339 e. The zero-order valence-electron chi connectivity index (χ0n) is 12.5. The maximum atomic E-state index is 12.6. The normalized spacial score (nSPS) is 19.1. The van der Waals surface area contributed by atoms with E-state index in [-0.39, 0.29) is 17.7 Å². The van der Waals surface area contributed by atoms with Crippen molar-refractivity contribution in [1.82, 2.24) is 4.90 Å². The van der Waals surface area contributed by atoms with Gasteiger partial charge in [-0.25, -0.2) is 0 Å². The van der Waals surface area contributed by atoms with Crippen LogP contribution in [-0.4, -0.2) is 29.2 Å². The Morgan fingerprint density at radius 1 is 1.19 bits per heavy atom. The van der Waals surface area contributed by atoms with Gasteiger partial charge in [0.05, 0.1) is 6.42 Å². The molecule has 1 aromatic carbocycles. The first-order valence-corrected chi connectivity index (χ1v) is 8.39. The topological polar surface area (TPSA) is 37.4 Å². The molecule has 4 heteroatoms. The predicted octanol–water partition coefficient (Wildman–Crippen LogP) is 3.74. The number of ketones is 1. The first-order valence-electron chi connectivity index (χ1n) is 7.59. The van der Waals surface area contributed by atoms with Crippen LogP contribution in [0, 0.1) is 0 Å². The lowest BCUT2D eigenvalue weighted by Crippen LogP contribution is -2.41. The number of Topliss-reactive ketones (excluding diaryl/α,β-unsaturated/α-hetero) is 1. The van der Waals surface area contributed by atoms with Gasteiger partial charge in [-0.2, -0.15) is 0 Å². The van der Waals surface area contributed by atoms with Crippen LogP contribution in [-0.2, 0) is 16.0 Å². The fourth-order valence-corrected chi connectivity index (χ4v) is 3.19. The van der Waals surface area contributed by atoms with E-state index in [4.69, 9.17) is 0 Å². The highest BCUT2D eigenvalue weighted by molar-refractivity contribution is 9.10. The number of benzene rings is 1. The predicted molar refractivity (Wildman–Crippen MR) is 87.1 cm³/mol. The first kappa shape index (κ1) is 16.2. The Balaban J connectivity index is 2.06. The second kappa shape index (κ2) is 7.74. The molecule has 1 unspecified atom stereocenters. The van der Waals surface area contributed by atoms with Crippen molar-refractivity contribution in [2.24, 2.45) is 0 Å². The molecular formula is C17H22BrNO2. The third kappa shape index (κ3) is 4.95. The standard InChI is InChI=1S/C17H22BrNO2/c1-13(20)11-16-5-3-2-4-10-19(16)17(21)12-14-6-8-15(18)9-7-14/h6-9,16H,2-5,10-12H2,1H3. The maximum Gasteiger partial charge on any atom is 0.227 e. The van der Waals surface area contributed by atoms with E-state index in [1.807, 2.05) is 29.2 Å². The molecule has 1 aliphatic heterocycles. The Morgan fingerprint density at radius 3 is 2.57 bits per heavy atom. The van der Waals surface area contributed by atoms with Crippen LogP contribution in [0.25, 0.3) is 0 Å². The van der Waals surface area contributed by atoms with Gasteiger partial charge in [-0.15, -0.1) is 0 Å². The molecule has 0 bridgehead atoms. The molecular weight excluding hydrogens is 330 g/mol. The van der Waals surface area contributed by atoms with Gasteiger partial charge in [0.15, 0.2) is 0 Å². The number of rotatable bonds is 4. The molecule has 21 heavy (non-hydrogen) atoms. The fraction of sp³-hybridized carbons (Fsp3) is 0.529. The van der Waals surface area contributed by atoms with E-state index >= 15 is 0 Å². The van der Waals surface area contributed by atoms with Crippen LogP contribution in [0.4, 0.5) is 0 Å². The molecule has 1 heterocycles. The zero-order chi connectivity index (χ0) is 15.2. The van der Waals surface area contributed by atoms with E-state index in [9.17, 15) is 9.59 Å². The summed E-state index contributed by atoms with van der Waals surface area (Å²) in [5.74, 6) is 0.314. The second-order valence-electron chi connectivity index (χ2n) is 5.80. The van der Waals surface area contributed by atoms with E-state index in [1.54, 1.807) is 6.92 Å². The molecule has 0 spiro atoms. The maximum absolute atomic E-state index is 12.6. The van der Waals surface area contributed by atoms with Crippen molar-refractivity contribution in [2.45, 2.75) is 51.5 Å². The van der Waals surface area contributed by atoms with Crippen molar-refractivity contribution in [1.29, 1.82) is 0 Å². The number of hydrogen-bond acceptors (Lipinski definition) is 2. The number of carbonyl (C=O) groups is 2. The molecule has 1 atom stereocenters.